The summed E-state index contributed by atoms with van der Waals surface area (Å²) in [5, 5.41) is 3.88. The zero-order chi connectivity index (χ0) is 16.9. The molecule has 2 atom stereocenters. The molecule has 0 radical (unpaired) electrons. The third-order valence-corrected chi connectivity index (χ3v) is 7.87. The molecule has 1 aliphatic heterocycles. The highest BCUT2D eigenvalue weighted by atomic mass is 15.2. The molecule has 3 fully saturated rings. The van der Waals surface area contributed by atoms with Crippen LogP contribution in [0.25, 0.3) is 0 Å². The molecular formula is C23H34N2. The van der Waals surface area contributed by atoms with E-state index in [0.29, 0.717) is 0 Å². The monoisotopic (exact) mass is 338 g/mol. The molecule has 3 aliphatic carbocycles. The predicted octanol–water partition coefficient (Wildman–Crippen LogP) is 5.37. The molecule has 4 aliphatic rings. The molecule has 1 spiro atoms. The first-order valence-electron chi connectivity index (χ1n) is 10.9. The summed E-state index contributed by atoms with van der Waals surface area (Å²) in [5.41, 5.74) is 5.52. The van der Waals surface area contributed by atoms with Gasteiger partial charge < -0.3 is 10.2 Å². The normalized spacial score (nSPS) is 30.4. The van der Waals surface area contributed by atoms with Crippen molar-refractivity contribution in [3.05, 3.63) is 29.3 Å². The molecule has 25 heavy (non-hydrogen) atoms. The van der Waals surface area contributed by atoms with Gasteiger partial charge in [0.05, 0.1) is 0 Å². The molecule has 0 saturated heterocycles. The molecule has 5 rings (SSSR count). The molecule has 0 amide bonds. The van der Waals surface area contributed by atoms with Gasteiger partial charge in [0.25, 0.3) is 0 Å². The van der Waals surface area contributed by atoms with E-state index in [-0.39, 0.29) is 0 Å². The third-order valence-electron chi connectivity index (χ3n) is 7.87. The van der Waals surface area contributed by atoms with Crippen molar-refractivity contribution in [1.82, 2.24) is 5.32 Å². The number of benzene rings is 1. The highest BCUT2D eigenvalue weighted by molar-refractivity contribution is 5.63. The van der Waals surface area contributed by atoms with Crippen LogP contribution in [0.5, 0.6) is 0 Å². The second kappa shape index (κ2) is 6.30. The van der Waals surface area contributed by atoms with Gasteiger partial charge in [-0.1, -0.05) is 25.0 Å². The fraction of sp³-hybridized carbons (Fsp3) is 0.739. The van der Waals surface area contributed by atoms with Crippen molar-refractivity contribution in [3.8, 4) is 0 Å². The highest BCUT2D eigenvalue weighted by Gasteiger charge is 2.44. The quantitative estimate of drug-likeness (QED) is 0.794. The fourth-order valence-electron chi connectivity index (χ4n) is 6.08. The first kappa shape index (κ1) is 16.2. The maximum Gasteiger partial charge on any atom is 0.0405 e. The minimum Gasteiger partial charge on any atom is -0.368 e. The van der Waals surface area contributed by atoms with Gasteiger partial charge in [-0.3, -0.25) is 0 Å². The van der Waals surface area contributed by atoms with Gasteiger partial charge in [0, 0.05) is 36.8 Å². The van der Waals surface area contributed by atoms with E-state index in [0.717, 1.165) is 36.5 Å². The summed E-state index contributed by atoms with van der Waals surface area (Å²) >= 11 is 0. The Morgan fingerprint density at radius 2 is 1.84 bits per heavy atom. The summed E-state index contributed by atoms with van der Waals surface area (Å²) in [4.78, 5) is 2.69. The van der Waals surface area contributed by atoms with Crippen molar-refractivity contribution in [2.75, 3.05) is 11.4 Å². The Morgan fingerprint density at radius 1 is 1.04 bits per heavy atom. The third kappa shape index (κ3) is 2.91. The Kier molecular flexibility index (Phi) is 4.08. The number of anilines is 1. The number of hydrogen-bond acceptors (Lipinski definition) is 2. The number of fused-ring (bicyclic) bond motifs is 3. The maximum atomic E-state index is 3.88. The topological polar surface area (TPSA) is 15.3 Å². The van der Waals surface area contributed by atoms with Crippen LogP contribution in [-0.2, 0) is 6.54 Å². The number of nitrogens with zero attached hydrogens (tertiary/aromatic N) is 1. The van der Waals surface area contributed by atoms with E-state index in [2.05, 4.69) is 35.3 Å². The summed E-state index contributed by atoms with van der Waals surface area (Å²) in [7, 11) is 0. The zero-order valence-electron chi connectivity index (χ0n) is 15.9. The molecule has 2 heteroatoms. The lowest BCUT2D eigenvalue weighted by atomic mass is 9.82. The van der Waals surface area contributed by atoms with E-state index in [1.165, 1.54) is 75.5 Å². The average molecular weight is 339 g/mol. The van der Waals surface area contributed by atoms with Crippen LogP contribution in [0.3, 0.4) is 0 Å². The lowest BCUT2D eigenvalue weighted by Crippen LogP contribution is -2.35. The van der Waals surface area contributed by atoms with Crippen LogP contribution in [-0.4, -0.2) is 18.6 Å². The number of likely N-dealkylation sites (N-methyl/N-ethyl adjacent to an activating group) is 1. The Bertz CT molecular complexity index is 623. The van der Waals surface area contributed by atoms with Crippen LogP contribution in [0.4, 0.5) is 5.69 Å². The minimum atomic E-state index is 0.758. The van der Waals surface area contributed by atoms with Gasteiger partial charge in [-0.15, -0.1) is 0 Å². The standard InChI is InChI=1S/C23H34N2/c1-2-25-21-6-4-3-5-19(21)20-15-17(7-8-22(20)25)16-24-18-9-11-23(12-10-18)13-14-23/h7-8,15,18-19,21,24H,2-6,9-14,16H2,1H3. The van der Waals surface area contributed by atoms with Crippen molar-refractivity contribution in [3.63, 3.8) is 0 Å². The lowest BCUT2D eigenvalue weighted by Gasteiger charge is -2.32. The van der Waals surface area contributed by atoms with Crippen molar-refractivity contribution < 1.29 is 0 Å². The largest absolute Gasteiger partial charge is 0.368 e. The second-order valence-corrected chi connectivity index (χ2v) is 9.29. The summed E-state index contributed by atoms with van der Waals surface area (Å²) in [6.45, 7) is 4.55. The molecule has 2 nitrogen and oxygen atoms in total. The Balaban J connectivity index is 1.26. The minimum absolute atomic E-state index is 0.758. The van der Waals surface area contributed by atoms with Gasteiger partial charge in [0.2, 0.25) is 0 Å². The molecule has 0 bridgehead atoms. The Morgan fingerprint density at radius 3 is 2.60 bits per heavy atom. The molecule has 1 aromatic carbocycles. The molecule has 0 aromatic heterocycles. The van der Waals surface area contributed by atoms with Gasteiger partial charge in [-0.2, -0.15) is 0 Å². The van der Waals surface area contributed by atoms with Crippen molar-refractivity contribution >= 4 is 5.69 Å². The smallest absolute Gasteiger partial charge is 0.0405 e. The molecule has 1 heterocycles. The second-order valence-electron chi connectivity index (χ2n) is 9.29. The fourth-order valence-corrected chi connectivity index (χ4v) is 6.08. The van der Waals surface area contributed by atoms with E-state index < -0.39 is 0 Å². The van der Waals surface area contributed by atoms with Crippen LogP contribution in [0.2, 0.25) is 0 Å². The van der Waals surface area contributed by atoms with Crippen LogP contribution in [0.1, 0.15) is 88.2 Å². The number of nitrogens with one attached hydrogen (secondary N) is 1. The molecule has 2 unspecified atom stereocenters. The van der Waals surface area contributed by atoms with E-state index in [1.54, 1.807) is 5.56 Å². The van der Waals surface area contributed by atoms with Crippen molar-refractivity contribution in [1.29, 1.82) is 0 Å². The molecule has 1 N–H and O–H groups in total. The summed E-state index contributed by atoms with van der Waals surface area (Å²) < 4.78 is 0. The first-order chi connectivity index (χ1) is 12.3. The van der Waals surface area contributed by atoms with Gasteiger partial charge in [0.15, 0.2) is 0 Å². The number of rotatable bonds is 4. The molecule has 1 aromatic rings. The van der Waals surface area contributed by atoms with E-state index in [9.17, 15) is 0 Å². The van der Waals surface area contributed by atoms with Crippen LogP contribution in [0.15, 0.2) is 18.2 Å². The van der Waals surface area contributed by atoms with E-state index >= 15 is 0 Å². The molecule has 136 valence electrons. The zero-order valence-corrected chi connectivity index (χ0v) is 15.9. The van der Waals surface area contributed by atoms with Gasteiger partial charge in [0.1, 0.15) is 0 Å². The summed E-state index contributed by atoms with van der Waals surface area (Å²) in [5.74, 6) is 0.799. The average Bonchev–Trinajstić information content (AvgIpc) is 3.34. The van der Waals surface area contributed by atoms with E-state index in [4.69, 9.17) is 0 Å². The van der Waals surface area contributed by atoms with Gasteiger partial charge in [-0.25, -0.2) is 0 Å². The predicted molar refractivity (Wildman–Crippen MR) is 105 cm³/mol. The van der Waals surface area contributed by atoms with Crippen LogP contribution in [0, 0.1) is 5.41 Å². The maximum absolute atomic E-state index is 3.88. The Hall–Kier alpha value is -1.02. The highest BCUT2D eigenvalue weighted by Crippen LogP contribution is 2.56. The van der Waals surface area contributed by atoms with Crippen LogP contribution >= 0.6 is 0 Å². The molecule has 3 saturated carbocycles. The SMILES string of the molecule is CCN1c2ccc(CNC3CCC4(CC3)CC4)cc2C2CCCCC21. The van der Waals surface area contributed by atoms with E-state index in [1.807, 2.05) is 0 Å². The van der Waals surface area contributed by atoms with Crippen molar-refractivity contribution in [2.45, 2.75) is 95.7 Å². The first-order valence-corrected chi connectivity index (χ1v) is 10.9. The summed E-state index contributed by atoms with van der Waals surface area (Å²) in [6, 6.07) is 8.90. The lowest BCUT2D eigenvalue weighted by molar-refractivity contribution is 0.273. The van der Waals surface area contributed by atoms with Crippen molar-refractivity contribution in [2.24, 2.45) is 5.41 Å². The summed E-state index contributed by atoms with van der Waals surface area (Å²) in [6.07, 6.45) is 14.4. The van der Waals surface area contributed by atoms with Crippen LogP contribution < -0.4 is 10.2 Å². The van der Waals surface area contributed by atoms with Gasteiger partial charge >= 0.3 is 0 Å². The molecular weight excluding hydrogens is 304 g/mol. The Labute approximate surface area is 153 Å². The number of hydrogen-bond donors (Lipinski definition) is 1. The van der Waals surface area contributed by atoms with Gasteiger partial charge in [-0.05, 0) is 80.9 Å².